The summed E-state index contributed by atoms with van der Waals surface area (Å²) in [5.41, 5.74) is 2.12. The highest BCUT2D eigenvalue weighted by Gasteiger charge is 2.42. The van der Waals surface area contributed by atoms with Crippen molar-refractivity contribution in [3.05, 3.63) is 30.1 Å². The normalized spacial score (nSPS) is 27.9. The van der Waals surface area contributed by atoms with Crippen LogP contribution in [0.4, 0.5) is 4.79 Å². The number of urea groups is 1. The average Bonchev–Trinajstić information content (AvgIpc) is 3.44. The number of fused-ring (bicyclic) bond motifs is 2. The number of rotatable bonds is 6. The topological polar surface area (TPSA) is 79.3 Å². The number of amides is 3. The molecule has 0 aliphatic carbocycles. The molecule has 0 unspecified atom stereocenters. The van der Waals surface area contributed by atoms with Gasteiger partial charge in [-0.3, -0.25) is 4.79 Å². The molecule has 3 amide bonds. The molecule has 0 saturated carbocycles. The lowest BCUT2D eigenvalue weighted by Crippen LogP contribution is -2.39. The fourth-order valence-electron chi connectivity index (χ4n) is 5.37. The van der Waals surface area contributed by atoms with E-state index in [1.54, 1.807) is 0 Å². The van der Waals surface area contributed by atoms with E-state index in [1.165, 1.54) is 0 Å². The summed E-state index contributed by atoms with van der Waals surface area (Å²) in [7, 11) is 2.06. The maximum Gasteiger partial charge on any atom is 0.315 e. The third-order valence-corrected chi connectivity index (χ3v) is 8.52. The summed E-state index contributed by atoms with van der Waals surface area (Å²) < 4.78 is 2.16. The van der Waals surface area contributed by atoms with Crippen LogP contribution in [0.3, 0.4) is 0 Å². The average molecular weight is 442 g/mol. The molecule has 2 N–H and O–H groups in total. The second-order valence-electron chi connectivity index (χ2n) is 8.98. The lowest BCUT2D eigenvalue weighted by molar-refractivity contribution is -0.135. The van der Waals surface area contributed by atoms with Crippen molar-refractivity contribution in [1.82, 2.24) is 25.1 Å². The van der Waals surface area contributed by atoms with Gasteiger partial charge < -0.3 is 20.1 Å². The number of hydrogen-bond donors (Lipinski definition) is 2. The molecule has 1 aromatic carbocycles. The van der Waals surface area contributed by atoms with E-state index in [-0.39, 0.29) is 30.1 Å². The molecule has 3 aliphatic heterocycles. The molecule has 0 spiro atoms. The van der Waals surface area contributed by atoms with Gasteiger partial charge in [0.05, 0.1) is 29.2 Å². The fourth-order valence-corrected chi connectivity index (χ4v) is 6.91. The van der Waals surface area contributed by atoms with E-state index in [0.717, 1.165) is 67.7 Å². The minimum absolute atomic E-state index is 0.0337. The molecule has 4 heterocycles. The van der Waals surface area contributed by atoms with Crippen molar-refractivity contribution in [1.29, 1.82) is 0 Å². The number of aryl methyl sites for hydroxylation is 1. The number of aromatic nitrogens is 2. The third-order valence-electron chi connectivity index (χ3n) is 7.01. The predicted molar refractivity (Wildman–Crippen MR) is 123 cm³/mol. The zero-order chi connectivity index (χ0) is 21.4. The van der Waals surface area contributed by atoms with Crippen molar-refractivity contribution in [3.8, 4) is 0 Å². The van der Waals surface area contributed by atoms with Crippen LogP contribution in [0.1, 0.15) is 56.8 Å². The number of benzene rings is 1. The van der Waals surface area contributed by atoms with Crippen molar-refractivity contribution < 1.29 is 9.59 Å². The Balaban J connectivity index is 1.18. The van der Waals surface area contributed by atoms with Gasteiger partial charge >= 0.3 is 6.03 Å². The van der Waals surface area contributed by atoms with Gasteiger partial charge in [0.1, 0.15) is 5.82 Å². The monoisotopic (exact) mass is 441 g/mol. The van der Waals surface area contributed by atoms with Crippen molar-refractivity contribution in [2.45, 2.75) is 68.3 Å². The summed E-state index contributed by atoms with van der Waals surface area (Å²) >= 11 is 1.94. The van der Waals surface area contributed by atoms with Crippen LogP contribution in [0.25, 0.3) is 11.0 Å². The molecule has 3 aliphatic rings. The Bertz CT molecular complexity index is 976. The molecule has 0 bridgehead atoms. The second-order valence-corrected chi connectivity index (χ2v) is 10.3. The largest absolute Gasteiger partial charge is 0.333 e. The van der Waals surface area contributed by atoms with Crippen molar-refractivity contribution >= 4 is 34.7 Å². The van der Waals surface area contributed by atoms with Crippen molar-refractivity contribution in [3.63, 3.8) is 0 Å². The molecular formula is C23H31N5O2S. The summed E-state index contributed by atoms with van der Waals surface area (Å²) in [6, 6.07) is 8.74. The van der Waals surface area contributed by atoms with E-state index in [0.29, 0.717) is 11.7 Å². The third kappa shape index (κ3) is 4.02. The highest BCUT2D eigenvalue weighted by molar-refractivity contribution is 8.00. The number of hydrogen-bond acceptors (Lipinski definition) is 4. The van der Waals surface area contributed by atoms with E-state index < -0.39 is 0 Å². The SMILES string of the molecule is Cn1c([C@H]2CCCCN2C(=O)CCCC[C@@H]2SC[C@@H]3NC(=O)N[C@@H]32)nc2ccccc21. The van der Waals surface area contributed by atoms with E-state index >= 15 is 0 Å². The number of nitrogens with zero attached hydrogens (tertiary/aromatic N) is 3. The van der Waals surface area contributed by atoms with Crippen molar-refractivity contribution in [2.24, 2.45) is 7.05 Å². The van der Waals surface area contributed by atoms with E-state index in [2.05, 4.69) is 33.2 Å². The first-order valence-corrected chi connectivity index (χ1v) is 12.6. The van der Waals surface area contributed by atoms with Crippen LogP contribution in [-0.2, 0) is 11.8 Å². The Labute approximate surface area is 187 Å². The number of unbranched alkanes of at least 4 members (excludes halogenated alkanes) is 1. The lowest BCUT2D eigenvalue weighted by atomic mass is 9.99. The molecule has 3 fully saturated rings. The van der Waals surface area contributed by atoms with E-state index in [4.69, 9.17) is 4.98 Å². The zero-order valence-electron chi connectivity index (χ0n) is 18.0. The van der Waals surface area contributed by atoms with Crippen molar-refractivity contribution in [2.75, 3.05) is 12.3 Å². The first kappa shape index (κ1) is 20.7. The highest BCUT2D eigenvalue weighted by atomic mass is 32.2. The minimum atomic E-state index is -0.0337. The molecule has 3 saturated heterocycles. The van der Waals surface area contributed by atoms with Crippen LogP contribution in [0.2, 0.25) is 0 Å². The molecule has 166 valence electrons. The van der Waals surface area contributed by atoms with E-state index in [1.807, 2.05) is 30.0 Å². The summed E-state index contributed by atoms with van der Waals surface area (Å²) in [5.74, 6) is 2.25. The molecule has 4 atom stereocenters. The number of piperidine rings is 1. The summed E-state index contributed by atoms with van der Waals surface area (Å²) in [5, 5.41) is 6.50. The molecule has 31 heavy (non-hydrogen) atoms. The van der Waals surface area contributed by atoms with Crippen LogP contribution >= 0.6 is 11.8 Å². The minimum Gasteiger partial charge on any atom is -0.333 e. The van der Waals surface area contributed by atoms with Gasteiger partial charge in [-0.25, -0.2) is 9.78 Å². The molecule has 8 heteroatoms. The molecular weight excluding hydrogens is 410 g/mol. The maximum atomic E-state index is 13.1. The van der Waals surface area contributed by atoms with Gasteiger partial charge in [0.25, 0.3) is 0 Å². The fraction of sp³-hybridized carbons (Fsp3) is 0.609. The van der Waals surface area contributed by atoms with Crippen LogP contribution in [0.5, 0.6) is 0 Å². The second kappa shape index (κ2) is 8.73. The van der Waals surface area contributed by atoms with Crippen LogP contribution in [0.15, 0.2) is 24.3 Å². The zero-order valence-corrected chi connectivity index (χ0v) is 18.9. The Morgan fingerprint density at radius 1 is 1.23 bits per heavy atom. The Morgan fingerprint density at radius 2 is 2.10 bits per heavy atom. The van der Waals surface area contributed by atoms with Gasteiger partial charge in [0.15, 0.2) is 0 Å². The van der Waals surface area contributed by atoms with Gasteiger partial charge in [-0.05, 0) is 44.2 Å². The summed E-state index contributed by atoms with van der Waals surface area (Å²) in [6.45, 7) is 0.826. The molecule has 2 aromatic rings. The van der Waals surface area contributed by atoms with Crippen LogP contribution < -0.4 is 10.6 Å². The number of likely N-dealkylation sites (tertiary alicyclic amines) is 1. The summed E-state index contributed by atoms with van der Waals surface area (Å²) in [4.78, 5) is 31.6. The number of para-hydroxylation sites is 2. The highest BCUT2D eigenvalue weighted by Crippen LogP contribution is 2.34. The maximum absolute atomic E-state index is 13.1. The molecule has 5 rings (SSSR count). The number of thioether (sulfide) groups is 1. The van der Waals surface area contributed by atoms with Crippen LogP contribution in [0, 0.1) is 0 Å². The standard InChI is InChI=1S/C23H31N5O2S/c1-27-17-9-3-2-8-15(17)24-22(27)18-10-6-7-13-28(18)20(29)12-5-4-11-19-21-16(14-31-19)25-23(30)26-21/h2-3,8-9,16,18-19,21H,4-7,10-14H2,1H3,(H2,25,26,30)/t16-,18+,19-,21-/m0/s1. The van der Waals surface area contributed by atoms with Crippen LogP contribution in [-0.4, -0.2) is 56.0 Å². The first-order valence-electron chi connectivity index (χ1n) is 11.5. The van der Waals surface area contributed by atoms with Gasteiger partial charge in [-0.1, -0.05) is 18.6 Å². The van der Waals surface area contributed by atoms with Gasteiger partial charge in [0, 0.05) is 31.0 Å². The number of nitrogens with one attached hydrogen (secondary N) is 2. The number of imidazole rings is 1. The Kier molecular flexibility index (Phi) is 5.82. The lowest BCUT2D eigenvalue weighted by Gasteiger charge is -2.35. The van der Waals surface area contributed by atoms with E-state index in [9.17, 15) is 9.59 Å². The van der Waals surface area contributed by atoms with Gasteiger partial charge in [-0.2, -0.15) is 11.8 Å². The Hall–Kier alpha value is -2.22. The Morgan fingerprint density at radius 3 is 2.97 bits per heavy atom. The number of carbonyl (C=O) groups excluding carboxylic acids is 2. The smallest absolute Gasteiger partial charge is 0.315 e. The van der Waals surface area contributed by atoms with Gasteiger partial charge in [0.2, 0.25) is 5.91 Å². The predicted octanol–water partition coefficient (Wildman–Crippen LogP) is 3.35. The molecule has 0 radical (unpaired) electrons. The number of carbonyl (C=O) groups is 2. The molecule has 1 aromatic heterocycles. The molecule has 7 nitrogen and oxygen atoms in total. The quantitative estimate of drug-likeness (QED) is 0.532. The first-order chi connectivity index (χ1) is 15.1. The summed E-state index contributed by atoms with van der Waals surface area (Å²) in [6.07, 6.45) is 6.76. The van der Waals surface area contributed by atoms with Gasteiger partial charge in [-0.15, -0.1) is 0 Å².